The van der Waals surface area contributed by atoms with Crippen LogP contribution < -0.4 is 4.74 Å². The van der Waals surface area contributed by atoms with Crippen molar-refractivity contribution >= 4 is 21.8 Å². The number of methoxy groups -OCH3 is 1. The number of aromatic hydroxyl groups is 1. The van der Waals surface area contributed by atoms with Crippen LogP contribution in [0.2, 0.25) is 0 Å². The fourth-order valence-electron chi connectivity index (χ4n) is 2.19. The zero-order valence-electron chi connectivity index (χ0n) is 9.64. The summed E-state index contributed by atoms with van der Waals surface area (Å²) in [5.74, 6) is 0.862. The lowest BCUT2D eigenvalue weighted by molar-refractivity contribution is 0.415. The van der Waals surface area contributed by atoms with Crippen molar-refractivity contribution in [1.82, 2.24) is 9.55 Å². The Morgan fingerprint density at radius 2 is 2.00 bits per heavy atom. The lowest BCUT2D eigenvalue weighted by Gasteiger charge is -2.01. The lowest BCUT2D eigenvalue weighted by Crippen LogP contribution is -1.88. The second kappa shape index (κ2) is 3.38. The molecule has 0 aliphatic rings. The minimum absolute atomic E-state index is 0.0424. The molecule has 3 aromatic rings. The molecular formula is C13H12N2O2. The summed E-state index contributed by atoms with van der Waals surface area (Å²) >= 11 is 0. The topological polar surface area (TPSA) is 47.3 Å². The maximum Gasteiger partial charge on any atom is 0.211 e. The van der Waals surface area contributed by atoms with Crippen LogP contribution in [0.5, 0.6) is 11.6 Å². The molecule has 4 heteroatoms. The van der Waals surface area contributed by atoms with Crippen LogP contribution in [0, 0.1) is 0 Å². The highest BCUT2D eigenvalue weighted by Crippen LogP contribution is 2.31. The first kappa shape index (κ1) is 9.96. The molecule has 0 unspecified atom stereocenters. The van der Waals surface area contributed by atoms with Crippen molar-refractivity contribution in [3.05, 3.63) is 30.5 Å². The van der Waals surface area contributed by atoms with Gasteiger partial charge in [-0.15, -0.1) is 0 Å². The number of aryl methyl sites for hydroxylation is 1. The van der Waals surface area contributed by atoms with E-state index in [-0.39, 0.29) is 5.88 Å². The minimum atomic E-state index is 0.0424. The average Bonchev–Trinajstić information content (AvgIpc) is 2.62. The summed E-state index contributed by atoms with van der Waals surface area (Å²) < 4.78 is 7.26. The number of hydrogen-bond donors (Lipinski definition) is 1. The fourth-order valence-corrected chi connectivity index (χ4v) is 2.19. The van der Waals surface area contributed by atoms with Crippen LogP contribution in [0.25, 0.3) is 21.8 Å². The Kier molecular flexibility index (Phi) is 1.98. The van der Waals surface area contributed by atoms with Crippen LogP contribution in [0.1, 0.15) is 0 Å². The SMILES string of the molecule is COc1ccc2c3cc(O)ncc3n(C)c2c1. The van der Waals surface area contributed by atoms with E-state index in [1.165, 1.54) is 0 Å². The molecule has 0 radical (unpaired) electrons. The van der Waals surface area contributed by atoms with E-state index < -0.39 is 0 Å². The molecule has 0 atom stereocenters. The summed E-state index contributed by atoms with van der Waals surface area (Å²) in [7, 11) is 3.63. The lowest BCUT2D eigenvalue weighted by atomic mass is 10.2. The van der Waals surface area contributed by atoms with Gasteiger partial charge in [-0.25, -0.2) is 4.98 Å². The van der Waals surface area contributed by atoms with Gasteiger partial charge in [0.2, 0.25) is 5.88 Å². The van der Waals surface area contributed by atoms with Crippen molar-refractivity contribution in [2.24, 2.45) is 7.05 Å². The molecule has 17 heavy (non-hydrogen) atoms. The summed E-state index contributed by atoms with van der Waals surface area (Å²) in [4.78, 5) is 3.91. The minimum Gasteiger partial charge on any atom is -0.497 e. The molecule has 0 saturated heterocycles. The highest BCUT2D eigenvalue weighted by atomic mass is 16.5. The third-order valence-corrected chi connectivity index (χ3v) is 3.09. The number of benzene rings is 1. The van der Waals surface area contributed by atoms with Gasteiger partial charge < -0.3 is 14.4 Å². The van der Waals surface area contributed by atoms with Gasteiger partial charge in [0.1, 0.15) is 5.75 Å². The van der Waals surface area contributed by atoms with Gasteiger partial charge in [-0.3, -0.25) is 0 Å². The molecule has 0 aliphatic carbocycles. The maximum atomic E-state index is 9.45. The van der Waals surface area contributed by atoms with E-state index >= 15 is 0 Å². The van der Waals surface area contributed by atoms with Gasteiger partial charge in [0, 0.05) is 30.0 Å². The number of ether oxygens (including phenoxy) is 1. The third kappa shape index (κ3) is 1.34. The Hall–Kier alpha value is -2.23. The fraction of sp³-hybridized carbons (Fsp3) is 0.154. The Bertz CT molecular complexity index is 716. The van der Waals surface area contributed by atoms with Crippen molar-refractivity contribution in [2.45, 2.75) is 0 Å². The van der Waals surface area contributed by atoms with Crippen molar-refractivity contribution < 1.29 is 9.84 Å². The van der Waals surface area contributed by atoms with Crippen molar-refractivity contribution in [3.8, 4) is 11.6 Å². The van der Waals surface area contributed by atoms with E-state index in [1.54, 1.807) is 19.4 Å². The standard InChI is InChI=1S/C13H12N2O2/c1-15-11-5-8(17-2)3-4-9(11)10-6-13(16)14-7-12(10)15/h3-7H,1-2H3,(H,14,16). The molecule has 1 aromatic carbocycles. The van der Waals surface area contributed by atoms with Gasteiger partial charge in [-0.05, 0) is 12.1 Å². The van der Waals surface area contributed by atoms with E-state index in [9.17, 15) is 5.11 Å². The number of rotatable bonds is 1. The van der Waals surface area contributed by atoms with Crippen molar-refractivity contribution in [2.75, 3.05) is 7.11 Å². The molecule has 2 aromatic heterocycles. The van der Waals surface area contributed by atoms with E-state index in [4.69, 9.17) is 4.74 Å². The van der Waals surface area contributed by atoms with Crippen molar-refractivity contribution in [3.63, 3.8) is 0 Å². The molecule has 86 valence electrons. The first-order chi connectivity index (χ1) is 8.20. The van der Waals surface area contributed by atoms with Crippen LogP contribution in [0.15, 0.2) is 30.5 Å². The zero-order valence-corrected chi connectivity index (χ0v) is 9.64. The van der Waals surface area contributed by atoms with Gasteiger partial charge in [-0.1, -0.05) is 0 Å². The van der Waals surface area contributed by atoms with Gasteiger partial charge in [0.25, 0.3) is 0 Å². The van der Waals surface area contributed by atoms with Gasteiger partial charge in [-0.2, -0.15) is 0 Å². The Labute approximate surface area is 98.1 Å². The summed E-state index contributed by atoms with van der Waals surface area (Å²) in [5.41, 5.74) is 2.05. The molecule has 0 saturated carbocycles. The molecule has 3 rings (SSSR count). The molecule has 0 fully saturated rings. The Morgan fingerprint density at radius 1 is 1.18 bits per heavy atom. The highest BCUT2D eigenvalue weighted by molar-refractivity contribution is 6.08. The Balaban J connectivity index is 2.49. The van der Waals surface area contributed by atoms with E-state index in [1.807, 2.05) is 29.8 Å². The third-order valence-electron chi connectivity index (χ3n) is 3.09. The molecule has 1 N–H and O–H groups in total. The van der Waals surface area contributed by atoms with Crippen LogP contribution in [-0.2, 0) is 7.05 Å². The van der Waals surface area contributed by atoms with E-state index in [2.05, 4.69) is 4.98 Å². The monoisotopic (exact) mass is 228 g/mol. The van der Waals surface area contributed by atoms with E-state index in [0.717, 1.165) is 27.6 Å². The van der Waals surface area contributed by atoms with Crippen LogP contribution in [0.4, 0.5) is 0 Å². The number of nitrogens with zero attached hydrogens (tertiary/aromatic N) is 2. The van der Waals surface area contributed by atoms with E-state index in [0.29, 0.717) is 0 Å². The first-order valence-corrected chi connectivity index (χ1v) is 5.32. The predicted molar refractivity (Wildman–Crippen MR) is 66.4 cm³/mol. The number of hydrogen-bond acceptors (Lipinski definition) is 3. The van der Waals surface area contributed by atoms with Gasteiger partial charge in [0.05, 0.1) is 24.3 Å². The largest absolute Gasteiger partial charge is 0.497 e. The molecule has 4 nitrogen and oxygen atoms in total. The van der Waals surface area contributed by atoms with Crippen LogP contribution in [-0.4, -0.2) is 21.8 Å². The summed E-state index contributed by atoms with van der Waals surface area (Å²) in [6.07, 6.45) is 1.68. The molecule has 0 bridgehead atoms. The smallest absolute Gasteiger partial charge is 0.211 e. The van der Waals surface area contributed by atoms with Crippen molar-refractivity contribution in [1.29, 1.82) is 0 Å². The van der Waals surface area contributed by atoms with Crippen LogP contribution in [0.3, 0.4) is 0 Å². The molecular weight excluding hydrogens is 216 g/mol. The normalized spacial score (nSPS) is 11.2. The average molecular weight is 228 g/mol. The number of fused-ring (bicyclic) bond motifs is 3. The summed E-state index contributed by atoms with van der Waals surface area (Å²) in [5, 5.41) is 11.5. The van der Waals surface area contributed by atoms with Gasteiger partial charge in [0.15, 0.2) is 0 Å². The highest BCUT2D eigenvalue weighted by Gasteiger charge is 2.09. The summed E-state index contributed by atoms with van der Waals surface area (Å²) in [6, 6.07) is 7.58. The second-order valence-electron chi connectivity index (χ2n) is 4.00. The maximum absolute atomic E-state index is 9.45. The number of aromatic nitrogens is 2. The zero-order chi connectivity index (χ0) is 12.0. The summed E-state index contributed by atoms with van der Waals surface area (Å²) in [6.45, 7) is 0. The molecule has 0 spiro atoms. The Morgan fingerprint density at radius 3 is 2.76 bits per heavy atom. The molecule has 0 amide bonds. The molecule has 2 heterocycles. The molecule has 0 aliphatic heterocycles. The second-order valence-corrected chi connectivity index (χ2v) is 4.00. The quantitative estimate of drug-likeness (QED) is 0.695. The first-order valence-electron chi connectivity index (χ1n) is 5.32. The van der Waals surface area contributed by atoms with Gasteiger partial charge >= 0.3 is 0 Å². The number of pyridine rings is 1. The van der Waals surface area contributed by atoms with Crippen LogP contribution >= 0.6 is 0 Å². The predicted octanol–water partition coefficient (Wildman–Crippen LogP) is 2.44.